The number of halogens is 1. The molecule has 8 heteroatoms. The molecule has 0 aliphatic heterocycles. The number of hydroxylamine groups is 2. The van der Waals surface area contributed by atoms with Crippen molar-refractivity contribution in [1.82, 2.24) is 5.06 Å². The van der Waals surface area contributed by atoms with E-state index in [-0.39, 0.29) is 56.7 Å². The van der Waals surface area contributed by atoms with Crippen LogP contribution in [-0.4, -0.2) is 35.2 Å². The van der Waals surface area contributed by atoms with E-state index in [1.165, 1.54) is 0 Å². The van der Waals surface area contributed by atoms with Crippen molar-refractivity contribution in [2.45, 2.75) is 34.6 Å². The van der Waals surface area contributed by atoms with Crippen molar-refractivity contribution in [3.63, 3.8) is 0 Å². The van der Waals surface area contributed by atoms with E-state index in [4.69, 9.17) is 9.94 Å². The minimum absolute atomic E-state index is 0. The Morgan fingerprint density at radius 3 is 2.00 bits per heavy atom. The van der Waals surface area contributed by atoms with E-state index in [0.29, 0.717) is 18.7 Å². The summed E-state index contributed by atoms with van der Waals surface area (Å²) in [5.74, 6) is -1.09. The molecule has 128 valence electrons. The average molecular weight is 402 g/mol. The second-order valence-corrected chi connectivity index (χ2v) is 5.34. The van der Waals surface area contributed by atoms with Gasteiger partial charge in [-0.05, 0) is 40.2 Å². The van der Waals surface area contributed by atoms with Crippen LogP contribution in [0.1, 0.15) is 45.0 Å². The molecule has 0 aromatic heterocycles. The summed E-state index contributed by atoms with van der Waals surface area (Å²) in [5.41, 5.74) is -0.0561. The number of carbonyl (C=O) groups excluding carboxylic acids is 1. The standard InChI is InChI=1S/C11H14NO2.C5H10O2.ClH.Li.Zn/c1-3-12(4-2)14-11(13)10-8-6-5-7-9-10;1-5(2,3)4(6)7;;;/h5-6,8-9H,3-4H2,1-2H3;1-3H3,(H,6,7);1H;;/q-1;;;+1;/p-1. The van der Waals surface area contributed by atoms with E-state index in [9.17, 15) is 9.59 Å². The molecule has 0 saturated carbocycles. The van der Waals surface area contributed by atoms with Crippen LogP contribution in [0.4, 0.5) is 0 Å². The zero-order chi connectivity index (χ0) is 16.5. The zero-order valence-electron chi connectivity index (χ0n) is 15.4. The van der Waals surface area contributed by atoms with Gasteiger partial charge in [0.15, 0.2) is 0 Å². The Hall–Kier alpha value is -0.369. The van der Waals surface area contributed by atoms with Crippen LogP contribution in [0.5, 0.6) is 0 Å². The second kappa shape index (κ2) is 16.1. The van der Waals surface area contributed by atoms with Crippen molar-refractivity contribution >= 4 is 11.9 Å². The van der Waals surface area contributed by atoms with Crippen LogP contribution in [0, 0.1) is 11.5 Å². The van der Waals surface area contributed by atoms with Crippen molar-refractivity contribution in [3.8, 4) is 0 Å². The van der Waals surface area contributed by atoms with Crippen LogP contribution in [0.15, 0.2) is 24.3 Å². The van der Waals surface area contributed by atoms with Gasteiger partial charge in [-0.15, -0.1) is 5.06 Å². The Labute approximate surface area is 175 Å². The SMILES string of the molecule is CC(C)(C)C(=O)O.CCN(CC)OC(=O)c1c[c-]ccc1.[Cl-].[Li+].[Zn]. The molecular weight excluding hydrogens is 378 g/mol. The predicted octanol–water partition coefficient (Wildman–Crippen LogP) is -2.98. The van der Waals surface area contributed by atoms with Gasteiger partial charge in [0.25, 0.3) is 0 Å². The van der Waals surface area contributed by atoms with Crippen molar-refractivity contribution in [2.24, 2.45) is 5.41 Å². The Morgan fingerprint density at radius 2 is 1.71 bits per heavy atom. The summed E-state index contributed by atoms with van der Waals surface area (Å²) in [6.45, 7) is 10.2. The fraction of sp³-hybridized carbons (Fsp3) is 0.500. The Kier molecular flexibility index (Phi) is 21.1. The molecule has 0 fully saturated rings. The molecule has 24 heavy (non-hydrogen) atoms. The summed E-state index contributed by atoms with van der Waals surface area (Å²) in [6, 6.07) is 9.67. The smallest absolute Gasteiger partial charge is 1.00 e. The van der Waals surface area contributed by atoms with E-state index in [1.54, 1.807) is 50.1 Å². The fourth-order valence-electron chi connectivity index (χ4n) is 1.04. The van der Waals surface area contributed by atoms with Gasteiger partial charge in [0.05, 0.1) is 5.41 Å². The van der Waals surface area contributed by atoms with Gasteiger partial charge in [-0.25, -0.2) is 0 Å². The first-order valence-corrected chi connectivity index (χ1v) is 6.89. The molecule has 0 heterocycles. The normalized spacial score (nSPS) is 9.25. The number of aliphatic carboxylic acids is 1. The molecule has 0 amide bonds. The van der Waals surface area contributed by atoms with Crippen LogP contribution in [0.3, 0.4) is 0 Å². The maximum atomic E-state index is 11.5. The summed E-state index contributed by atoms with van der Waals surface area (Å²) >= 11 is 0. The fourth-order valence-corrected chi connectivity index (χ4v) is 1.04. The van der Waals surface area contributed by atoms with Crippen LogP contribution in [0.25, 0.3) is 0 Å². The van der Waals surface area contributed by atoms with Crippen molar-refractivity contribution in [3.05, 3.63) is 35.9 Å². The Balaban J connectivity index is -0.000000175. The minimum Gasteiger partial charge on any atom is -1.00 e. The number of carboxylic acids is 1. The van der Waals surface area contributed by atoms with Gasteiger partial charge in [0.2, 0.25) is 0 Å². The summed E-state index contributed by atoms with van der Waals surface area (Å²) in [5, 5.41) is 9.86. The van der Waals surface area contributed by atoms with Gasteiger partial charge >= 0.3 is 30.8 Å². The minimum atomic E-state index is -0.757. The first-order chi connectivity index (χ1) is 9.72. The maximum absolute atomic E-state index is 11.5. The third-order valence-electron chi connectivity index (χ3n) is 2.50. The number of nitrogens with zero attached hydrogens (tertiary/aromatic N) is 1. The number of carboxylic acid groups (broad SMARTS) is 1. The monoisotopic (exact) mass is 400 g/mol. The van der Waals surface area contributed by atoms with E-state index >= 15 is 0 Å². The van der Waals surface area contributed by atoms with Crippen LogP contribution >= 0.6 is 0 Å². The summed E-state index contributed by atoms with van der Waals surface area (Å²) in [6.07, 6.45) is 0. The molecule has 1 aromatic rings. The molecule has 0 aliphatic rings. The second-order valence-electron chi connectivity index (χ2n) is 5.34. The first kappa shape index (κ1) is 31.4. The van der Waals surface area contributed by atoms with Gasteiger partial charge < -0.3 is 22.4 Å². The first-order valence-electron chi connectivity index (χ1n) is 6.89. The third-order valence-corrected chi connectivity index (χ3v) is 2.50. The number of benzene rings is 1. The van der Waals surface area contributed by atoms with E-state index in [1.807, 2.05) is 13.8 Å². The molecule has 1 rings (SSSR count). The molecule has 0 spiro atoms. The quantitative estimate of drug-likeness (QED) is 0.331. The molecule has 0 radical (unpaired) electrons. The van der Waals surface area contributed by atoms with Crippen molar-refractivity contribution in [1.29, 1.82) is 0 Å². The molecular formula is C16H24ClLiNO4Zn-. The summed E-state index contributed by atoms with van der Waals surface area (Å²) < 4.78 is 0. The number of rotatable bonds is 4. The number of carbonyl (C=O) groups is 2. The molecule has 1 aromatic carbocycles. The van der Waals surface area contributed by atoms with E-state index in [2.05, 4.69) is 6.07 Å². The van der Waals surface area contributed by atoms with Crippen LogP contribution < -0.4 is 31.3 Å². The molecule has 1 N–H and O–H groups in total. The molecule has 0 unspecified atom stereocenters. The summed E-state index contributed by atoms with van der Waals surface area (Å²) in [7, 11) is 0. The van der Waals surface area contributed by atoms with Crippen LogP contribution in [-0.2, 0) is 29.1 Å². The topological polar surface area (TPSA) is 66.8 Å². The third kappa shape index (κ3) is 14.0. The molecule has 0 atom stereocenters. The van der Waals surface area contributed by atoms with Gasteiger partial charge in [-0.2, -0.15) is 30.3 Å². The van der Waals surface area contributed by atoms with Crippen molar-refractivity contribution < 1.29 is 70.3 Å². The predicted molar refractivity (Wildman–Crippen MR) is 80.7 cm³/mol. The molecule has 0 aliphatic carbocycles. The number of hydrogen-bond donors (Lipinski definition) is 1. The Bertz CT molecular complexity index is 451. The number of hydrogen-bond acceptors (Lipinski definition) is 4. The van der Waals surface area contributed by atoms with Crippen LogP contribution in [0.2, 0.25) is 0 Å². The molecule has 5 nitrogen and oxygen atoms in total. The van der Waals surface area contributed by atoms with Gasteiger partial charge in [0, 0.05) is 32.6 Å². The van der Waals surface area contributed by atoms with Crippen molar-refractivity contribution in [2.75, 3.05) is 13.1 Å². The zero-order valence-corrected chi connectivity index (χ0v) is 19.2. The van der Waals surface area contributed by atoms with E-state index in [0.717, 1.165) is 0 Å². The van der Waals surface area contributed by atoms with Gasteiger partial charge in [0.1, 0.15) is 0 Å². The maximum Gasteiger partial charge on any atom is 1.00 e. The van der Waals surface area contributed by atoms with Gasteiger partial charge in [-0.3, -0.25) is 9.59 Å². The largest absolute Gasteiger partial charge is 1.00 e. The van der Waals surface area contributed by atoms with Gasteiger partial charge in [-0.1, -0.05) is 0 Å². The van der Waals surface area contributed by atoms with E-state index < -0.39 is 11.4 Å². The summed E-state index contributed by atoms with van der Waals surface area (Å²) in [4.78, 5) is 26.6. The molecule has 0 saturated heterocycles. The Morgan fingerprint density at radius 1 is 1.25 bits per heavy atom. The average Bonchev–Trinajstić information content (AvgIpc) is 2.45. The molecule has 0 bridgehead atoms.